The fourth-order valence-corrected chi connectivity index (χ4v) is 4.69. The number of hydrogen-bond donors (Lipinski definition) is 2. The van der Waals surface area contributed by atoms with Gasteiger partial charge in [-0.05, 0) is 12.5 Å². The first-order valence-electron chi connectivity index (χ1n) is 11.0. The van der Waals surface area contributed by atoms with Crippen LogP contribution >= 0.6 is 0 Å². The second-order valence-corrected chi connectivity index (χ2v) is 8.52. The summed E-state index contributed by atoms with van der Waals surface area (Å²) in [4.78, 5) is 11.7. The predicted octanol–water partition coefficient (Wildman–Crippen LogP) is 0.581. The minimum absolute atomic E-state index is 0.000456. The smallest absolute Gasteiger partial charge is 0.147 e. The first kappa shape index (κ1) is 19.4. The lowest BCUT2D eigenvalue weighted by Gasteiger charge is -2.48. The SMILES string of the molecule is N#Cc1cnn2cc(OC[C@H]3CNCCO3)cc(-c3cnc(N4CC5CC(C4)N5)cn3)c12. The fraction of sp³-hybridized carbons (Fsp3) is 0.455. The van der Waals surface area contributed by atoms with Crippen LogP contribution in [0, 0.1) is 11.3 Å². The highest BCUT2D eigenvalue weighted by molar-refractivity contribution is 5.83. The third kappa shape index (κ3) is 3.54. The number of rotatable bonds is 5. The van der Waals surface area contributed by atoms with Crippen LogP contribution in [0.3, 0.4) is 0 Å². The molecule has 0 amide bonds. The van der Waals surface area contributed by atoms with E-state index in [9.17, 15) is 5.26 Å². The van der Waals surface area contributed by atoms with Crippen LogP contribution < -0.4 is 20.3 Å². The van der Waals surface area contributed by atoms with Crippen molar-refractivity contribution in [2.24, 2.45) is 0 Å². The first-order chi connectivity index (χ1) is 15.8. The number of nitrogens with zero attached hydrogens (tertiary/aromatic N) is 6. The van der Waals surface area contributed by atoms with Crippen LogP contribution in [0.15, 0.2) is 30.9 Å². The minimum atomic E-state index is -0.000456. The van der Waals surface area contributed by atoms with Gasteiger partial charge in [-0.25, -0.2) is 9.50 Å². The number of ether oxygens (including phenoxy) is 2. The van der Waals surface area contributed by atoms with Crippen LogP contribution in [-0.4, -0.2) is 77.2 Å². The van der Waals surface area contributed by atoms with Gasteiger partial charge < -0.3 is 25.0 Å². The van der Waals surface area contributed by atoms with Crippen molar-refractivity contribution in [3.05, 3.63) is 36.4 Å². The number of anilines is 1. The number of nitrogens with one attached hydrogen (secondary N) is 2. The minimum Gasteiger partial charge on any atom is -0.489 e. The number of piperidine rings is 1. The molecule has 10 nitrogen and oxygen atoms in total. The van der Waals surface area contributed by atoms with Crippen molar-refractivity contribution in [1.82, 2.24) is 30.2 Å². The molecule has 0 radical (unpaired) electrons. The van der Waals surface area contributed by atoms with E-state index in [4.69, 9.17) is 14.5 Å². The van der Waals surface area contributed by atoms with Crippen molar-refractivity contribution in [3.63, 3.8) is 0 Å². The molecule has 2 bridgehead atoms. The van der Waals surface area contributed by atoms with Crippen LogP contribution in [-0.2, 0) is 4.74 Å². The molecule has 2 N–H and O–H groups in total. The van der Waals surface area contributed by atoms with Gasteiger partial charge >= 0.3 is 0 Å². The molecule has 0 spiro atoms. The third-order valence-corrected chi connectivity index (χ3v) is 6.31. The number of morpholine rings is 1. The molecule has 7 rings (SSSR count). The summed E-state index contributed by atoms with van der Waals surface area (Å²) in [6.07, 6.45) is 8.17. The van der Waals surface area contributed by atoms with Gasteiger partial charge in [-0.1, -0.05) is 0 Å². The lowest BCUT2D eigenvalue weighted by Crippen LogP contribution is -2.67. The fourth-order valence-electron chi connectivity index (χ4n) is 4.69. The molecule has 0 aromatic carbocycles. The zero-order valence-corrected chi connectivity index (χ0v) is 17.6. The summed E-state index contributed by atoms with van der Waals surface area (Å²) in [7, 11) is 0. The van der Waals surface area contributed by atoms with Crippen LogP contribution in [0.2, 0.25) is 0 Å². The van der Waals surface area contributed by atoms with Crippen molar-refractivity contribution in [2.75, 3.05) is 44.3 Å². The summed E-state index contributed by atoms with van der Waals surface area (Å²) in [5.74, 6) is 1.52. The molecule has 10 heteroatoms. The van der Waals surface area contributed by atoms with Gasteiger partial charge in [0.2, 0.25) is 0 Å². The van der Waals surface area contributed by atoms with E-state index < -0.39 is 0 Å². The summed E-state index contributed by atoms with van der Waals surface area (Å²) in [5.41, 5.74) is 2.62. The Morgan fingerprint density at radius 1 is 1.22 bits per heavy atom. The van der Waals surface area contributed by atoms with Gasteiger partial charge in [0.25, 0.3) is 0 Å². The van der Waals surface area contributed by atoms with E-state index in [1.165, 1.54) is 6.42 Å². The number of aromatic nitrogens is 4. The number of pyridine rings is 1. The first-order valence-corrected chi connectivity index (χ1v) is 11.0. The van der Waals surface area contributed by atoms with Gasteiger partial charge in [0.05, 0.1) is 48.2 Å². The molecule has 0 aliphatic carbocycles. The predicted molar refractivity (Wildman–Crippen MR) is 117 cm³/mol. The van der Waals surface area contributed by atoms with Crippen molar-refractivity contribution < 1.29 is 9.47 Å². The largest absolute Gasteiger partial charge is 0.489 e. The summed E-state index contributed by atoms with van der Waals surface area (Å²) >= 11 is 0. The highest BCUT2D eigenvalue weighted by atomic mass is 16.5. The van der Waals surface area contributed by atoms with Crippen LogP contribution in [0.1, 0.15) is 12.0 Å². The molecule has 2 unspecified atom stereocenters. The summed E-state index contributed by atoms with van der Waals surface area (Å²) in [5, 5.41) is 20.8. The van der Waals surface area contributed by atoms with Crippen LogP contribution in [0.25, 0.3) is 16.8 Å². The number of hydrogen-bond acceptors (Lipinski definition) is 9. The van der Waals surface area contributed by atoms with Crippen molar-refractivity contribution in [2.45, 2.75) is 24.6 Å². The van der Waals surface area contributed by atoms with E-state index in [0.29, 0.717) is 47.8 Å². The zero-order valence-electron chi connectivity index (χ0n) is 17.6. The van der Waals surface area contributed by atoms with E-state index in [-0.39, 0.29) is 6.10 Å². The van der Waals surface area contributed by atoms with Gasteiger partial charge in [-0.3, -0.25) is 4.98 Å². The monoisotopic (exact) mass is 432 g/mol. The maximum absolute atomic E-state index is 9.58. The second kappa shape index (κ2) is 8.02. The van der Waals surface area contributed by atoms with Crippen LogP contribution in [0.5, 0.6) is 5.75 Å². The van der Waals surface area contributed by atoms with E-state index in [1.807, 2.05) is 12.3 Å². The molecule has 164 valence electrons. The summed E-state index contributed by atoms with van der Waals surface area (Å²) in [6, 6.07) is 5.23. The molecule has 32 heavy (non-hydrogen) atoms. The molecular weight excluding hydrogens is 408 g/mol. The summed E-state index contributed by atoms with van der Waals surface area (Å²) < 4.78 is 13.4. The van der Waals surface area contributed by atoms with E-state index in [0.717, 1.165) is 37.6 Å². The number of piperazine rings is 1. The Kier molecular flexibility index (Phi) is 4.87. The Balaban J connectivity index is 1.30. The Labute approximate surface area is 185 Å². The Morgan fingerprint density at radius 3 is 2.81 bits per heavy atom. The zero-order chi connectivity index (χ0) is 21.5. The topological polar surface area (TPSA) is 113 Å². The number of fused-ring (bicyclic) bond motifs is 3. The molecule has 4 saturated heterocycles. The molecule has 3 aromatic heterocycles. The third-order valence-electron chi connectivity index (χ3n) is 6.31. The van der Waals surface area contributed by atoms with Gasteiger partial charge in [-0.2, -0.15) is 10.4 Å². The van der Waals surface area contributed by atoms with Crippen molar-refractivity contribution in [1.29, 1.82) is 5.26 Å². The Bertz CT molecular complexity index is 1150. The molecule has 3 atom stereocenters. The van der Waals surface area contributed by atoms with Gasteiger partial charge in [0.15, 0.2) is 0 Å². The van der Waals surface area contributed by atoms with E-state index >= 15 is 0 Å². The lowest BCUT2D eigenvalue weighted by atomic mass is 9.91. The normalized spacial score (nSPS) is 24.7. The molecule has 0 saturated carbocycles. The molecule has 4 aliphatic heterocycles. The molecule has 4 aliphatic rings. The number of nitriles is 1. The van der Waals surface area contributed by atoms with E-state index in [2.05, 4.69) is 31.7 Å². The van der Waals surface area contributed by atoms with Crippen LogP contribution in [0.4, 0.5) is 5.82 Å². The highest BCUT2D eigenvalue weighted by Gasteiger charge is 2.36. The Morgan fingerprint density at radius 2 is 2.09 bits per heavy atom. The maximum Gasteiger partial charge on any atom is 0.147 e. The van der Waals surface area contributed by atoms with E-state index in [1.54, 1.807) is 23.1 Å². The lowest BCUT2D eigenvalue weighted by molar-refractivity contribution is 0.000107. The van der Waals surface area contributed by atoms with Gasteiger partial charge in [0, 0.05) is 43.8 Å². The summed E-state index contributed by atoms with van der Waals surface area (Å²) in [6.45, 7) is 4.64. The average molecular weight is 432 g/mol. The Hall–Kier alpha value is -3.26. The average Bonchev–Trinajstić information content (AvgIpc) is 3.26. The highest BCUT2D eigenvalue weighted by Crippen LogP contribution is 2.31. The second-order valence-electron chi connectivity index (χ2n) is 8.52. The molecular formula is C22H24N8O2. The maximum atomic E-state index is 9.58. The standard InChI is InChI=1S/C22H24N8O2/c23-5-14-6-27-30-12-17(32-13-18-7-24-1-2-31-18)4-19(22(14)30)20-8-26-21(9-25-20)29-10-15-3-16(11-29)28-15/h4,6,8-9,12,15-16,18,24,28H,1-3,7,10-11,13H2/t15?,16?,18-/m1/s1. The molecule has 7 heterocycles. The quantitative estimate of drug-likeness (QED) is 0.598. The van der Waals surface area contributed by atoms with Crippen molar-refractivity contribution in [3.8, 4) is 23.1 Å². The van der Waals surface area contributed by atoms with Crippen molar-refractivity contribution >= 4 is 11.3 Å². The molecule has 4 fully saturated rings. The van der Waals surface area contributed by atoms with Gasteiger partial charge in [0.1, 0.15) is 30.3 Å². The van der Waals surface area contributed by atoms with Gasteiger partial charge in [-0.15, -0.1) is 0 Å². The molecule has 3 aromatic rings.